The Labute approximate surface area is 155 Å². The molecule has 0 unspecified atom stereocenters. The summed E-state index contributed by atoms with van der Waals surface area (Å²) in [5.74, 6) is 0.145. The minimum absolute atomic E-state index is 0.216. The average Bonchev–Trinajstić information content (AvgIpc) is 3.02. The average molecular weight is 369 g/mol. The molecule has 134 valence electrons. The van der Waals surface area contributed by atoms with Crippen LogP contribution >= 0.6 is 11.3 Å². The van der Waals surface area contributed by atoms with E-state index >= 15 is 0 Å². The standard InChI is InChI=1S/C20H19NO4S/c1-3-24-20(23)19-14(2)11-18(26-19)21-10-9-16(12-17(21)22)25-13-15-7-5-4-6-8-15/h4-12H,3,13H2,1-2H3. The molecule has 0 saturated heterocycles. The number of hydrogen-bond donors (Lipinski definition) is 0. The topological polar surface area (TPSA) is 57.5 Å². The first-order valence-corrected chi connectivity index (χ1v) is 9.07. The molecule has 3 rings (SSSR count). The van der Waals surface area contributed by atoms with Gasteiger partial charge in [0.2, 0.25) is 0 Å². The van der Waals surface area contributed by atoms with Crippen LogP contribution in [0.4, 0.5) is 0 Å². The maximum Gasteiger partial charge on any atom is 0.348 e. The summed E-state index contributed by atoms with van der Waals surface area (Å²) in [6.45, 7) is 4.31. The monoisotopic (exact) mass is 369 g/mol. The first-order valence-electron chi connectivity index (χ1n) is 8.26. The van der Waals surface area contributed by atoms with E-state index < -0.39 is 0 Å². The van der Waals surface area contributed by atoms with E-state index in [0.29, 0.717) is 28.8 Å². The molecule has 0 aliphatic heterocycles. The van der Waals surface area contributed by atoms with E-state index in [-0.39, 0.29) is 11.5 Å². The lowest BCUT2D eigenvalue weighted by Crippen LogP contribution is -2.15. The number of aryl methyl sites for hydroxylation is 1. The summed E-state index contributed by atoms with van der Waals surface area (Å²) in [6.07, 6.45) is 1.66. The lowest BCUT2D eigenvalue weighted by atomic mass is 10.2. The van der Waals surface area contributed by atoms with Gasteiger partial charge in [-0.2, -0.15) is 0 Å². The summed E-state index contributed by atoms with van der Waals surface area (Å²) in [5.41, 5.74) is 1.61. The first-order chi connectivity index (χ1) is 12.6. The molecular formula is C20H19NO4S. The minimum atomic E-state index is -0.364. The van der Waals surface area contributed by atoms with Crippen LogP contribution in [0.25, 0.3) is 5.00 Å². The van der Waals surface area contributed by atoms with Crippen molar-refractivity contribution in [3.8, 4) is 10.8 Å². The van der Waals surface area contributed by atoms with Crippen molar-refractivity contribution < 1.29 is 14.3 Å². The number of ether oxygens (including phenoxy) is 2. The van der Waals surface area contributed by atoms with Crippen molar-refractivity contribution in [3.05, 3.63) is 81.1 Å². The lowest BCUT2D eigenvalue weighted by Gasteiger charge is -2.07. The zero-order valence-electron chi connectivity index (χ0n) is 14.6. The van der Waals surface area contributed by atoms with Crippen LogP contribution in [0.1, 0.15) is 27.7 Å². The molecule has 3 aromatic rings. The van der Waals surface area contributed by atoms with Crippen LogP contribution in [0.5, 0.6) is 5.75 Å². The second-order valence-electron chi connectivity index (χ2n) is 5.66. The molecule has 0 atom stereocenters. The Bertz CT molecular complexity index is 959. The van der Waals surface area contributed by atoms with Crippen LogP contribution in [0, 0.1) is 6.92 Å². The number of carbonyl (C=O) groups excluding carboxylic acids is 1. The Hall–Kier alpha value is -2.86. The molecule has 0 radical (unpaired) electrons. The lowest BCUT2D eigenvalue weighted by molar-refractivity contribution is 0.0531. The molecule has 0 saturated carbocycles. The molecule has 6 heteroatoms. The minimum Gasteiger partial charge on any atom is -0.489 e. The van der Waals surface area contributed by atoms with Crippen LogP contribution in [0.2, 0.25) is 0 Å². The molecule has 2 aromatic heterocycles. The second-order valence-corrected chi connectivity index (χ2v) is 6.69. The molecule has 0 N–H and O–H groups in total. The summed E-state index contributed by atoms with van der Waals surface area (Å²) in [7, 11) is 0. The number of pyridine rings is 1. The molecule has 26 heavy (non-hydrogen) atoms. The van der Waals surface area contributed by atoms with Gasteiger partial charge in [0.05, 0.1) is 6.61 Å². The van der Waals surface area contributed by atoms with Crippen molar-refractivity contribution in [2.24, 2.45) is 0 Å². The predicted octanol–water partition coefficient (Wildman–Crippen LogP) is 3.96. The van der Waals surface area contributed by atoms with Gasteiger partial charge in [-0.05, 0) is 37.1 Å². The molecule has 1 aromatic carbocycles. The summed E-state index contributed by atoms with van der Waals surface area (Å²) in [4.78, 5) is 24.9. The number of rotatable bonds is 6. The number of carbonyl (C=O) groups is 1. The summed E-state index contributed by atoms with van der Waals surface area (Å²) < 4.78 is 12.2. The van der Waals surface area contributed by atoms with Crippen molar-refractivity contribution in [2.75, 3.05) is 6.61 Å². The zero-order valence-corrected chi connectivity index (χ0v) is 15.4. The molecule has 0 bridgehead atoms. The van der Waals surface area contributed by atoms with E-state index in [2.05, 4.69) is 0 Å². The number of esters is 1. The van der Waals surface area contributed by atoms with Gasteiger partial charge in [0.25, 0.3) is 5.56 Å². The molecule has 0 aliphatic rings. The van der Waals surface area contributed by atoms with Gasteiger partial charge in [-0.1, -0.05) is 30.3 Å². The Kier molecular flexibility index (Phi) is 5.53. The predicted molar refractivity (Wildman–Crippen MR) is 101 cm³/mol. The molecule has 0 spiro atoms. The number of hydrogen-bond acceptors (Lipinski definition) is 5. The zero-order chi connectivity index (χ0) is 18.5. The first kappa shape index (κ1) is 17.9. The van der Waals surface area contributed by atoms with Gasteiger partial charge < -0.3 is 9.47 Å². The quantitative estimate of drug-likeness (QED) is 0.617. The van der Waals surface area contributed by atoms with E-state index in [1.807, 2.05) is 43.3 Å². The highest BCUT2D eigenvalue weighted by Crippen LogP contribution is 2.25. The third-order valence-electron chi connectivity index (χ3n) is 3.74. The third kappa shape index (κ3) is 4.03. The van der Waals surface area contributed by atoms with Crippen molar-refractivity contribution in [1.29, 1.82) is 0 Å². The highest BCUT2D eigenvalue weighted by Gasteiger charge is 2.16. The number of aromatic nitrogens is 1. The molecule has 5 nitrogen and oxygen atoms in total. The maximum absolute atomic E-state index is 12.4. The molecule has 2 heterocycles. The van der Waals surface area contributed by atoms with Crippen LogP contribution in [-0.2, 0) is 11.3 Å². The maximum atomic E-state index is 12.4. The molecule has 0 fully saturated rings. The summed E-state index contributed by atoms with van der Waals surface area (Å²) in [5, 5.41) is 0.671. The van der Waals surface area contributed by atoms with Crippen LogP contribution in [0.15, 0.2) is 59.5 Å². The Morgan fingerprint density at radius 2 is 1.92 bits per heavy atom. The van der Waals surface area contributed by atoms with E-state index in [0.717, 1.165) is 11.1 Å². The van der Waals surface area contributed by atoms with E-state index in [9.17, 15) is 9.59 Å². The van der Waals surface area contributed by atoms with Crippen molar-refractivity contribution >= 4 is 17.3 Å². The summed E-state index contributed by atoms with van der Waals surface area (Å²) >= 11 is 1.24. The van der Waals surface area contributed by atoms with Gasteiger partial charge in [-0.3, -0.25) is 9.36 Å². The normalized spacial score (nSPS) is 10.5. The Morgan fingerprint density at radius 1 is 1.15 bits per heavy atom. The van der Waals surface area contributed by atoms with Gasteiger partial charge in [0.1, 0.15) is 22.2 Å². The summed E-state index contributed by atoms with van der Waals surface area (Å²) in [6, 6.07) is 14.7. The SMILES string of the molecule is CCOC(=O)c1sc(-n2ccc(OCc3ccccc3)cc2=O)cc1C. The number of thiophene rings is 1. The molecule has 0 amide bonds. The van der Waals surface area contributed by atoms with E-state index in [1.165, 1.54) is 22.0 Å². The van der Waals surface area contributed by atoms with Crippen molar-refractivity contribution in [2.45, 2.75) is 20.5 Å². The fourth-order valence-corrected chi connectivity index (χ4v) is 3.51. The van der Waals surface area contributed by atoms with Gasteiger partial charge in [0, 0.05) is 12.3 Å². The largest absolute Gasteiger partial charge is 0.489 e. The van der Waals surface area contributed by atoms with Gasteiger partial charge in [-0.15, -0.1) is 11.3 Å². The fraction of sp³-hybridized carbons (Fsp3) is 0.200. The fourth-order valence-electron chi connectivity index (χ4n) is 2.46. The highest BCUT2D eigenvalue weighted by molar-refractivity contribution is 7.16. The Balaban J connectivity index is 1.79. The number of nitrogens with zero attached hydrogens (tertiary/aromatic N) is 1. The van der Waals surface area contributed by atoms with E-state index in [1.54, 1.807) is 19.2 Å². The molecule has 0 aliphatic carbocycles. The van der Waals surface area contributed by atoms with Gasteiger partial charge in [0.15, 0.2) is 0 Å². The van der Waals surface area contributed by atoms with Gasteiger partial charge in [-0.25, -0.2) is 4.79 Å². The van der Waals surface area contributed by atoms with Crippen molar-refractivity contribution in [1.82, 2.24) is 4.57 Å². The smallest absolute Gasteiger partial charge is 0.348 e. The van der Waals surface area contributed by atoms with Gasteiger partial charge >= 0.3 is 5.97 Å². The van der Waals surface area contributed by atoms with E-state index in [4.69, 9.17) is 9.47 Å². The number of benzene rings is 1. The van der Waals surface area contributed by atoms with Crippen molar-refractivity contribution in [3.63, 3.8) is 0 Å². The molecular weight excluding hydrogens is 350 g/mol. The third-order valence-corrected chi connectivity index (χ3v) is 4.96. The highest BCUT2D eigenvalue weighted by atomic mass is 32.1. The van der Waals surface area contributed by atoms with Crippen LogP contribution < -0.4 is 10.3 Å². The van der Waals surface area contributed by atoms with Crippen LogP contribution in [0.3, 0.4) is 0 Å². The second kappa shape index (κ2) is 8.01. The van der Waals surface area contributed by atoms with Crippen LogP contribution in [-0.4, -0.2) is 17.1 Å². The Morgan fingerprint density at radius 3 is 2.62 bits per heavy atom.